The van der Waals surface area contributed by atoms with Crippen molar-refractivity contribution in [1.29, 1.82) is 5.26 Å². The first-order valence-electron chi connectivity index (χ1n) is 4.00. The molecular weight excluding hydrogens is 164 g/mol. The third kappa shape index (κ3) is 2.68. The van der Waals surface area contributed by atoms with Crippen LogP contribution >= 0.6 is 0 Å². The molecule has 0 unspecified atom stereocenters. The van der Waals surface area contributed by atoms with E-state index < -0.39 is 0 Å². The van der Waals surface area contributed by atoms with Crippen LogP contribution in [0.5, 0.6) is 5.75 Å². The number of benzene rings is 1. The summed E-state index contributed by atoms with van der Waals surface area (Å²) >= 11 is 0. The van der Waals surface area contributed by atoms with E-state index in [1.807, 2.05) is 30.5 Å². The molecule has 3 heteroatoms. The van der Waals surface area contributed by atoms with Gasteiger partial charge in [-0.05, 0) is 17.7 Å². The topological polar surface area (TPSA) is 36.3 Å². The molecule has 0 spiro atoms. The second-order valence-electron chi connectivity index (χ2n) is 2.81. The zero-order valence-corrected chi connectivity index (χ0v) is 7.82. The Morgan fingerprint density at radius 1 is 1.54 bits per heavy atom. The van der Waals surface area contributed by atoms with E-state index in [-0.39, 0.29) is 0 Å². The van der Waals surface area contributed by atoms with Gasteiger partial charge >= 0.3 is 0 Å². The van der Waals surface area contributed by atoms with Crippen molar-refractivity contribution in [2.75, 3.05) is 14.2 Å². The molecule has 1 rings (SSSR count). The van der Waals surface area contributed by atoms with Gasteiger partial charge in [-0.2, -0.15) is 5.26 Å². The van der Waals surface area contributed by atoms with E-state index in [9.17, 15) is 0 Å². The van der Waals surface area contributed by atoms with Crippen LogP contribution < -0.4 is 4.74 Å². The molecular formula is C10H12N2O. The van der Waals surface area contributed by atoms with Gasteiger partial charge in [0.05, 0.1) is 13.7 Å². The molecule has 0 radical (unpaired) electrons. The SMILES string of the molecule is COc1cccc(CN(C)C#N)c1. The van der Waals surface area contributed by atoms with E-state index in [1.165, 1.54) is 0 Å². The predicted octanol–water partition coefficient (Wildman–Crippen LogP) is 1.61. The number of nitriles is 1. The Morgan fingerprint density at radius 3 is 2.92 bits per heavy atom. The molecule has 0 saturated carbocycles. The van der Waals surface area contributed by atoms with Crippen LogP contribution in [0, 0.1) is 11.5 Å². The number of rotatable bonds is 3. The van der Waals surface area contributed by atoms with Gasteiger partial charge in [-0.15, -0.1) is 0 Å². The second kappa shape index (κ2) is 4.36. The summed E-state index contributed by atoms with van der Waals surface area (Å²) in [5, 5.41) is 8.57. The standard InChI is InChI=1S/C10H12N2O/c1-12(8-11)7-9-4-3-5-10(6-9)13-2/h3-6H,7H2,1-2H3. The first-order chi connectivity index (χ1) is 6.26. The van der Waals surface area contributed by atoms with E-state index in [2.05, 4.69) is 0 Å². The van der Waals surface area contributed by atoms with Gasteiger partial charge in [-0.3, -0.25) is 0 Å². The molecule has 3 nitrogen and oxygen atoms in total. The summed E-state index contributed by atoms with van der Waals surface area (Å²) in [5.74, 6) is 0.823. The van der Waals surface area contributed by atoms with Gasteiger partial charge in [0.15, 0.2) is 6.19 Å². The van der Waals surface area contributed by atoms with Crippen molar-refractivity contribution in [3.63, 3.8) is 0 Å². The van der Waals surface area contributed by atoms with Crippen LogP contribution in [0.4, 0.5) is 0 Å². The fraction of sp³-hybridized carbons (Fsp3) is 0.300. The highest BCUT2D eigenvalue weighted by molar-refractivity contribution is 5.28. The average molecular weight is 176 g/mol. The number of nitrogens with zero attached hydrogens (tertiary/aromatic N) is 2. The Balaban J connectivity index is 2.73. The van der Waals surface area contributed by atoms with E-state index >= 15 is 0 Å². The van der Waals surface area contributed by atoms with E-state index in [0.29, 0.717) is 6.54 Å². The quantitative estimate of drug-likeness (QED) is 0.518. The van der Waals surface area contributed by atoms with Gasteiger partial charge in [0, 0.05) is 7.05 Å². The highest BCUT2D eigenvalue weighted by Crippen LogP contribution is 2.13. The molecule has 68 valence electrons. The Hall–Kier alpha value is -1.69. The largest absolute Gasteiger partial charge is 0.497 e. The Bertz CT molecular complexity index is 317. The molecule has 0 aliphatic rings. The smallest absolute Gasteiger partial charge is 0.179 e. The summed E-state index contributed by atoms with van der Waals surface area (Å²) in [6.45, 7) is 0.619. The summed E-state index contributed by atoms with van der Waals surface area (Å²) in [7, 11) is 3.38. The van der Waals surface area contributed by atoms with Crippen LogP contribution in [0.25, 0.3) is 0 Å². The van der Waals surface area contributed by atoms with Crippen molar-refractivity contribution in [2.45, 2.75) is 6.54 Å². The Morgan fingerprint density at radius 2 is 2.31 bits per heavy atom. The molecule has 0 N–H and O–H groups in total. The van der Waals surface area contributed by atoms with Gasteiger partial charge in [-0.1, -0.05) is 12.1 Å². The summed E-state index contributed by atoms with van der Waals surface area (Å²) in [5.41, 5.74) is 1.07. The minimum atomic E-state index is 0.619. The molecule has 0 heterocycles. The Kier molecular flexibility index (Phi) is 3.15. The molecule has 0 aliphatic heterocycles. The summed E-state index contributed by atoms with van der Waals surface area (Å²) in [6, 6.07) is 7.69. The average Bonchev–Trinajstić information content (AvgIpc) is 2.18. The number of hydrogen-bond donors (Lipinski definition) is 0. The molecule has 0 saturated heterocycles. The molecule has 13 heavy (non-hydrogen) atoms. The zero-order chi connectivity index (χ0) is 9.68. The molecule has 0 fully saturated rings. The highest BCUT2D eigenvalue weighted by Gasteiger charge is 1.98. The van der Waals surface area contributed by atoms with Crippen LogP contribution in [-0.4, -0.2) is 19.1 Å². The van der Waals surface area contributed by atoms with Gasteiger partial charge in [-0.25, -0.2) is 0 Å². The van der Waals surface area contributed by atoms with Crippen molar-refractivity contribution >= 4 is 0 Å². The van der Waals surface area contributed by atoms with Gasteiger partial charge in [0.1, 0.15) is 5.75 Å². The first-order valence-corrected chi connectivity index (χ1v) is 4.00. The lowest BCUT2D eigenvalue weighted by molar-refractivity contribution is 0.412. The Labute approximate surface area is 78.2 Å². The lowest BCUT2D eigenvalue weighted by Gasteiger charge is -2.09. The molecule has 0 bridgehead atoms. The number of methoxy groups -OCH3 is 1. The minimum absolute atomic E-state index is 0.619. The third-order valence-corrected chi connectivity index (χ3v) is 1.72. The normalized spacial score (nSPS) is 9.00. The lowest BCUT2D eigenvalue weighted by atomic mass is 10.2. The molecule has 0 amide bonds. The molecule has 0 aromatic heterocycles. The van der Waals surface area contributed by atoms with Crippen molar-refractivity contribution < 1.29 is 4.74 Å². The minimum Gasteiger partial charge on any atom is -0.497 e. The van der Waals surface area contributed by atoms with Crippen molar-refractivity contribution in [1.82, 2.24) is 4.90 Å². The van der Waals surface area contributed by atoms with E-state index in [0.717, 1.165) is 11.3 Å². The second-order valence-corrected chi connectivity index (χ2v) is 2.81. The van der Waals surface area contributed by atoms with E-state index in [1.54, 1.807) is 19.1 Å². The highest BCUT2D eigenvalue weighted by atomic mass is 16.5. The monoisotopic (exact) mass is 176 g/mol. The third-order valence-electron chi connectivity index (χ3n) is 1.72. The molecule has 1 aromatic carbocycles. The predicted molar refractivity (Wildman–Crippen MR) is 50.1 cm³/mol. The van der Waals surface area contributed by atoms with Gasteiger partial charge in [0.25, 0.3) is 0 Å². The van der Waals surface area contributed by atoms with Crippen LogP contribution in [0.3, 0.4) is 0 Å². The van der Waals surface area contributed by atoms with Crippen molar-refractivity contribution in [3.8, 4) is 11.9 Å². The molecule has 0 atom stereocenters. The summed E-state index contributed by atoms with van der Waals surface area (Å²) in [6.07, 6.45) is 2.04. The fourth-order valence-electron chi connectivity index (χ4n) is 1.08. The zero-order valence-electron chi connectivity index (χ0n) is 7.82. The van der Waals surface area contributed by atoms with Crippen molar-refractivity contribution in [3.05, 3.63) is 29.8 Å². The molecule has 0 aliphatic carbocycles. The maximum Gasteiger partial charge on any atom is 0.179 e. The summed E-state index contributed by atoms with van der Waals surface area (Å²) < 4.78 is 5.07. The van der Waals surface area contributed by atoms with Gasteiger partial charge in [0.2, 0.25) is 0 Å². The molecule has 1 aromatic rings. The maximum atomic E-state index is 8.57. The van der Waals surface area contributed by atoms with Crippen molar-refractivity contribution in [2.24, 2.45) is 0 Å². The van der Waals surface area contributed by atoms with Gasteiger partial charge < -0.3 is 9.64 Å². The van der Waals surface area contributed by atoms with Crippen LogP contribution in [0.2, 0.25) is 0 Å². The maximum absolute atomic E-state index is 8.57. The number of hydrogen-bond acceptors (Lipinski definition) is 3. The van der Waals surface area contributed by atoms with Crippen LogP contribution in [0.1, 0.15) is 5.56 Å². The lowest BCUT2D eigenvalue weighted by Crippen LogP contribution is -2.09. The number of ether oxygens (including phenoxy) is 1. The summed E-state index contributed by atoms with van der Waals surface area (Å²) in [4.78, 5) is 1.56. The first kappa shape index (κ1) is 9.40. The fourth-order valence-corrected chi connectivity index (χ4v) is 1.08. The van der Waals surface area contributed by atoms with E-state index in [4.69, 9.17) is 10.00 Å². The van der Waals surface area contributed by atoms with Crippen LogP contribution in [-0.2, 0) is 6.54 Å². The van der Waals surface area contributed by atoms with Crippen LogP contribution in [0.15, 0.2) is 24.3 Å².